The van der Waals surface area contributed by atoms with Crippen LogP contribution < -0.4 is 5.32 Å². The van der Waals surface area contributed by atoms with Crippen LogP contribution in [0.1, 0.15) is 43.9 Å². The van der Waals surface area contributed by atoms with Gasteiger partial charge in [-0.3, -0.25) is 9.59 Å². The molecule has 0 spiro atoms. The van der Waals surface area contributed by atoms with Gasteiger partial charge in [-0.15, -0.1) is 0 Å². The second-order valence-corrected chi connectivity index (χ2v) is 8.31. The highest BCUT2D eigenvalue weighted by Crippen LogP contribution is 2.17. The number of nitrogens with zero attached hydrogens (tertiary/aromatic N) is 1. The Bertz CT molecular complexity index is 801. The molecule has 0 radical (unpaired) electrons. The monoisotopic (exact) mass is 414 g/mol. The molecule has 2 rings (SSSR count). The van der Waals surface area contributed by atoms with Gasteiger partial charge in [0.15, 0.2) is 0 Å². The number of carbonyl (C=O) groups is 2. The van der Waals surface area contributed by atoms with Crippen molar-refractivity contribution in [1.82, 2.24) is 10.2 Å². The smallest absolute Gasteiger partial charge is 0.242 e. The van der Waals surface area contributed by atoms with Crippen molar-refractivity contribution >= 4 is 23.4 Å². The Morgan fingerprint density at radius 1 is 1.00 bits per heavy atom. The Morgan fingerprint density at radius 3 is 2.14 bits per heavy atom. The SMILES string of the molecule is CC[C@H](C(=O)NCC(C)C)N(Cc1ccc(Cl)cc1)C(=O)Cc1ccc(C)cc1. The first kappa shape index (κ1) is 23.0. The number of hydrogen-bond donors (Lipinski definition) is 1. The zero-order chi connectivity index (χ0) is 21.4. The lowest BCUT2D eigenvalue weighted by Crippen LogP contribution is -2.50. The Kier molecular flexibility index (Phi) is 8.71. The Morgan fingerprint density at radius 2 is 1.59 bits per heavy atom. The summed E-state index contributed by atoms with van der Waals surface area (Å²) in [7, 11) is 0. The van der Waals surface area contributed by atoms with Crippen LogP contribution in [0.5, 0.6) is 0 Å². The van der Waals surface area contributed by atoms with Gasteiger partial charge in [0.1, 0.15) is 6.04 Å². The van der Waals surface area contributed by atoms with E-state index in [0.29, 0.717) is 30.5 Å². The zero-order valence-electron chi connectivity index (χ0n) is 17.7. The first-order chi connectivity index (χ1) is 13.8. The molecule has 0 unspecified atom stereocenters. The number of halogens is 1. The van der Waals surface area contributed by atoms with Crippen molar-refractivity contribution in [3.8, 4) is 0 Å². The molecular formula is C24H31ClN2O2. The number of rotatable bonds is 9. The van der Waals surface area contributed by atoms with Crippen LogP contribution in [0.3, 0.4) is 0 Å². The van der Waals surface area contributed by atoms with Crippen LogP contribution in [0.2, 0.25) is 5.02 Å². The van der Waals surface area contributed by atoms with E-state index >= 15 is 0 Å². The quantitative estimate of drug-likeness (QED) is 0.642. The van der Waals surface area contributed by atoms with Crippen LogP contribution in [0.15, 0.2) is 48.5 Å². The van der Waals surface area contributed by atoms with Gasteiger partial charge in [-0.2, -0.15) is 0 Å². The van der Waals surface area contributed by atoms with Crippen LogP contribution in [-0.2, 0) is 22.6 Å². The van der Waals surface area contributed by atoms with Gasteiger partial charge in [0.05, 0.1) is 6.42 Å². The molecule has 1 N–H and O–H groups in total. The number of benzene rings is 2. The molecule has 2 amide bonds. The summed E-state index contributed by atoms with van der Waals surface area (Å²) in [5.74, 6) is 0.187. The fraction of sp³-hybridized carbons (Fsp3) is 0.417. The molecule has 1 atom stereocenters. The Balaban J connectivity index is 2.24. The van der Waals surface area contributed by atoms with E-state index in [9.17, 15) is 9.59 Å². The molecule has 5 heteroatoms. The van der Waals surface area contributed by atoms with E-state index in [1.54, 1.807) is 17.0 Å². The minimum absolute atomic E-state index is 0.0599. The summed E-state index contributed by atoms with van der Waals surface area (Å²) < 4.78 is 0. The summed E-state index contributed by atoms with van der Waals surface area (Å²) in [5, 5.41) is 3.63. The minimum atomic E-state index is -0.512. The van der Waals surface area contributed by atoms with Crippen LogP contribution in [-0.4, -0.2) is 29.3 Å². The summed E-state index contributed by atoms with van der Waals surface area (Å²) in [6, 6.07) is 14.8. The highest BCUT2D eigenvalue weighted by Gasteiger charge is 2.28. The third kappa shape index (κ3) is 7.21. The maximum absolute atomic E-state index is 13.2. The minimum Gasteiger partial charge on any atom is -0.354 e. The lowest BCUT2D eigenvalue weighted by molar-refractivity contribution is -0.141. The molecule has 156 valence electrons. The van der Waals surface area contributed by atoms with E-state index in [1.807, 2.05) is 50.2 Å². The molecular weight excluding hydrogens is 384 g/mol. The Labute approximate surface area is 179 Å². The van der Waals surface area contributed by atoms with E-state index in [-0.39, 0.29) is 18.2 Å². The largest absolute Gasteiger partial charge is 0.354 e. The number of hydrogen-bond acceptors (Lipinski definition) is 2. The molecule has 29 heavy (non-hydrogen) atoms. The van der Waals surface area contributed by atoms with Crippen molar-refractivity contribution in [3.05, 3.63) is 70.2 Å². The number of aryl methyl sites for hydroxylation is 1. The van der Waals surface area contributed by atoms with Gasteiger partial charge in [0.25, 0.3) is 0 Å². The molecule has 0 heterocycles. The van der Waals surface area contributed by atoms with Gasteiger partial charge in [-0.05, 0) is 42.5 Å². The number of carbonyl (C=O) groups excluding carboxylic acids is 2. The van der Waals surface area contributed by atoms with E-state index in [2.05, 4.69) is 19.2 Å². The molecule has 0 fully saturated rings. The summed E-state index contributed by atoms with van der Waals surface area (Å²) in [6.07, 6.45) is 0.818. The maximum atomic E-state index is 13.2. The average molecular weight is 415 g/mol. The fourth-order valence-corrected chi connectivity index (χ4v) is 3.24. The molecule has 0 bridgehead atoms. The summed E-state index contributed by atoms with van der Waals surface area (Å²) >= 11 is 6.00. The molecule has 0 aliphatic carbocycles. The molecule has 2 aromatic carbocycles. The number of nitrogens with one attached hydrogen (secondary N) is 1. The lowest BCUT2D eigenvalue weighted by Gasteiger charge is -2.31. The second-order valence-electron chi connectivity index (χ2n) is 7.87. The van der Waals surface area contributed by atoms with E-state index in [0.717, 1.165) is 16.7 Å². The van der Waals surface area contributed by atoms with Crippen molar-refractivity contribution in [1.29, 1.82) is 0 Å². The summed E-state index contributed by atoms with van der Waals surface area (Å²) in [5.41, 5.74) is 3.04. The topological polar surface area (TPSA) is 49.4 Å². The molecule has 0 saturated carbocycles. The summed E-state index contributed by atoms with van der Waals surface area (Å²) in [6.45, 7) is 9.02. The van der Waals surface area contributed by atoms with E-state index in [4.69, 9.17) is 11.6 Å². The van der Waals surface area contributed by atoms with Gasteiger partial charge in [0.2, 0.25) is 11.8 Å². The average Bonchev–Trinajstić information content (AvgIpc) is 2.69. The molecule has 4 nitrogen and oxygen atoms in total. The molecule has 0 saturated heterocycles. The normalized spacial score (nSPS) is 11.9. The van der Waals surface area contributed by atoms with E-state index in [1.165, 1.54) is 0 Å². The van der Waals surface area contributed by atoms with Crippen molar-refractivity contribution in [2.24, 2.45) is 5.92 Å². The van der Waals surface area contributed by atoms with Crippen molar-refractivity contribution in [3.63, 3.8) is 0 Å². The lowest BCUT2D eigenvalue weighted by atomic mass is 10.1. The maximum Gasteiger partial charge on any atom is 0.242 e. The van der Waals surface area contributed by atoms with Gasteiger partial charge >= 0.3 is 0 Å². The van der Waals surface area contributed by atoms with Gasteiger partial charge in [0, 0.05) is 18.1 Å². The van der Waals surface area contributed by atoms with Crippen molar-refractivity contribution in [2.75, 3.05) is 6.54 Å². The van der Waals surface area contributed by atoms with Gasteiger partial charge < -0.3 is 10.2 Å². The predicted octanol–water partition coefficient (Wildman–Crippen LogP) is 4.77. The van der Waals surface area contributed by atoms with Crippen molar-refractivity contribution in [2.45, 2.75) is 53.1 Å². The first-order valence-corrected chi connectivity index (χ1v) is 10.5. The van der Waals surface area contributed by atoms with Gasteiger partial charge in [-0.1, -0.05) is 74.3 Å². The van der Waals surface area contributed by atoms with E-state index < -0.39 is 6.04 Å². The molecule has 0 aliphatic heterocycles. The van der Waals surface area contributed by atoms with Crippen LogP contribution in [0.4, 0.5) is 0 Å². The molecule has 2 aromatic rings. The first-order valence-electron chi connectivity index (χ1n) is 10.2. The fourth-order valence-electron chi connectivity index (χ4n) is 3.11. The zero-order valence-corrected chi connectivity index (χ0v) is 18.5. The van der Waals surface area contributed by atoms with Crippen LogP contribution in [0.25, 0.3) is 0 Å². The standard InChI is InChI=1S/C24H31ClN2O2/c1-5-22(24(29)26-15-17(2)3)27(16-20-10-12-21(25)13-11-20)23(28)14-19-8-6-18(4)7-9-19/h6-13,17,22H,5,14-16H2,1-4H3,(H,26,29)/t22-/m1/s1. The van der Waals surface area contributed by atoms with Gasteiger partial charge in [-0.25, -0.2) is 0 Å². The van der Waals surface area contributed by atoms with Crippen LogP contribution >= 0.6 is 11.6 Å². The highest BCUT2D eigenvalue weighted by molar-refractivity contribution is 6.30. The predicted molar refractivity (Wildman–Crippen MR) is 119 cm³/mol. The third-order valence-electron chi connectivity index (χ3n) is 4.81. The number of amides is 2. The Hall–Kier alpha value is -2.33. The second kappa shape index (κ2) is 11.0. The van der Waals surface area contributed by atoms with Crippen molar-refractivity contribution < 1.29 is 9.59 Å². The molecule has 0 aliphatic rings. The summed E-state index contributed by atoms with van der Waals surface area (Å²) in [4.78, 5) is 27.8. The third-order valence-corrected chi connectivity index (χ3v) is 5.06. The highest BCUT2D eigenvalue weighted by atomic mass is 35.5. The molecule has 0 aromatic heterocycles. The van der Waals surface area contributed by atoms with Crippen LogP contribution in [0, 0.1) is 12.8 Å².